The molecule has 0 spiro atoms. The highest BCUT2D eigenvalue weighted by Crippen LogP contribution is 2.34. The highest BCUT2D eigenvalue weighted by molar-refractivity contribution is 9.10. The van der Waals surface area contributed by atoms with E-state index >= 15 is 0 Å². The molecule has 1 nitrogen and oxygen atoms in total. The fraction of sp³-hybridized carbons (Fsp3) is 0.250. The minimum atomic E-state index is -4.26. The predicted molar refractivity (Wildman–Crippen MR) is 55.3 cm³/mol. The van der Waals surface area contributed by atoms with Crippen molar-refractivity contribution in [2.75, 3.05) is 11.5 Å². The summed E-state index contributed by atoms with van der Waals surface area (Å²) in [6.45, 7) is 0. The molecule has 7 heteroatoms. The Morgan fingerprint density at radius 3 is 2.47 bits per heavy atom. The molecule has 0 aromatic heterocycles. The summed E-state index contributed by atoms with van der Waals surface area (Å²) in [6.07, 6.45) is -4.26. The van der Waals surface area contributed by atoms with Gasteiger partial charge in [-0.15, -0.1) is 11.8 Å². The molecule has 0 bridgehead atoms. The van der Waals surface area contributed by atoms with E-state index in [2.05, 4.69) is 15.9 Å². The summed E-state index contributed by atoms with van der Waals surface area (Å²) >= 11 is 3.52. The molecule has 84 valence electrons. The van der Waals surface area contributed by atoms with Crippen LogP contribution >= 0.6 is 27.7 Å². The van der Waals surface area contributed by atoms with Crippen LogP contribution in [0.1, 0.15) is 0 Å². The molecule has 1 aromatic rings. The van der Waals surface area contributed by atoms with Crippen LogP contribution in [0.4, 0.5) is 23.2 Å². The minimum Gasteiger partial charge on any atom is -0.396 e. The Labute approximate surface area is 96.2 Å². The number of rotatable bonds is 2. The lowest BCUT2D eigenvalue weighted by Crippen LogP contribution is -2.10. The van der Waals surface area contributed by atoms with Gasteiger partial charge in [-0.3, -0.25) is 0 Å². The Bertz CT molecular complexity index is 366. The Kier molecular flexibility index (Phi) is 3.88. The van der Waals surface area contributed by atoms with Crippen molar-refractivity contribution in [1.82, 2.24) is 0 Å². The van der Waals surface area contributed by atoms with Crippen LogP contribution in [-0.2, 0) is 0 Å². The second-order valence-electron chi connectivity index (χ2n) is 2.71. The van der Waals surface area contributed by atoms with Gasteiger partial charge in [-0.25, -0.2) is 4.39 Å². The molecule has 0 amide bonds. The van der Waals surface area contributed by atoms with Crippen molar-refractivity contribution in [1.29, 1.82) is 0 Å². The van der Waals surface area contributed by atoms with Crippen molar-refractivity contribution in [2.45, 2.75) is 11.1 Å². The number of hydrogen-bond donors (Lipinski definition) is 1. The molecular weight excluding hydrogens is 298 g/mol. The van der Waals surface area contributed by atoms with Crippen LogP contribution in [0.25, 0.3) is 0 Å². The zero-order chi connectivity index (χ0) is 11.6. The molecule has 0 atom stereocenters. The molecule has 0 radical (unpaired) electrons. The summed E-state index contributed by atoms with van der Waals surface area (Å²) in [5.41, 5.74) is 5.07. The average molecular weight is 304 g/mol. The van der Waals surface area contributed by atoms with Gasteiger partial charge in [0.05, 0.1) is 11.4 Å². The summed E-state index contributed by atoms with van der Waals surface area (Å²) < 4.78 is 48.8. The molecule has 0 aliphatic rings. The highest BCUT2D eigenvalue weighted by atomic mass is 79.9. The van der Waals surface area contributed by atoms with E-state index in [0.717, 1.165) is 6.07 Å². The Morgan fingerprint density at radius 1 is 1.33 bits per heavy atom. The van der Waals surface area contributed by atoms with Crippen LogP contribution < -0.4 is 5.73 Å². The molecule has 15 heavy (non-hydrogen) atoms. The highest BCUT2D eigenvalue weighted by Gasteiger charge is 2.27. The van der Waals surface area contributed by atoms with E-state index in [1.165, 1.54) is 6.07 Å². The van der Waals surface area contributed by atoms with Crippen LogP contribution in [0.2, 0.25) is 0 Å². The SMILES string of the molecule is Nc1cc(SCC(F)(F)F)c(Br)cc1F. The van der Waals surface area contributed by atoms with Crippen molar-refractivity contribution in [2.24, 2.45) is 0 Å². The minimum absolute atomic E-state index is 0.164. The normalized spacial score (nSPS) is 11.8. The Balaban J connectivity index is 2.82. The van der Waals surface area contributed by atoms with E-state index in [1.807, 2.05) is 0 Å². The van der Waals surface area contributed by atoms with Crippen LogP contribution in [0.15, 0.2) is 21.5 Å². The monoisotopic (exact) mass is 303 g/mol. The molecular formula is C8H6BrF4NS. The summed E-state index contributed by atoms with van der Waals surface area (Å²) in [4.78, 5) is 0.270. The zero-order valence-electron chi connectivity index (χ0n) is 7.24. The number of nitrogens with two attached hydrogens (primary N) is 1. The number of anilines is 1. The third kappa shape index (κ3) is 3.90. The largest absolute Gasteiger partial charge is 0.398 e. The lowest BCUT2D eigenvalue weighted by molar-refractivity contribution is -0.105. The lowest BCUT2D eigenvalue weighted by Gasteiger charge is -2.08. The van der Waals surface area contributed by atoms with Crippen LogP contribution in [0, 0.1) is 5.82 Å². The van der Waals surface area contributed by atoms with Gasteiger partial charge in [0.25, 0.3) is 0 Å². The number of nitrogen functional groups attached to an aromatic ring is 1. The van der Waals surface area contributed by atoms with E-state index in [1.54, 1.807) is 0 Å². The molecule has 2 N–H and O–H groups in total. The van der Waals surface area contributed by atoms with Crippen LogP contribution in [0.5, 0.6) is 0 Å². The van der Waals surface area contributed by atoms with Crippen molar-refractivity contribution in [3.8, 4) is 0 Å². The van der Waals surface area contributed by atoms with E-state index in [0.29, 0.717) is 11.8 Å². The van der Waals surface area contributed by atoms with Gasteiger partial charge in [0.1, 0.15) is 5.82 Å². The molecule has 0 aliphatic carbocycles. The number of alkyl halides is 3. The second-order valence-corrected chi connectivity index (χ2v) is 4.58. The molecule has 0 unspecified atom stereocenters. The van der Waals surface area contributed by atoms with Gasteiger partial charge in [-0.2, -0.15) is 13.2 Å². The molecule has 0 aliphatic heterocycles. The first kappa shape index (κ1) is 12.6. The third-order valence-corrected chi connectivity index (χ3v) is 3.48. The molecule has 1 aromatic carbocycles. The zero-order valence-corrected chi connectivity index (χ0v) is 9.64. The van der Waals surface area contributed by atoms with Gasteiger partial charge < -0.3 is 5.73 Å². The maximum atomic E-state index is 12.8. The van der Waals surface area contributed by atoms with E-state index in [9.17, 15) is 17.6 Å². The van der Waals surface area contributed by atoms with E-state index in [4.69, 9.17) is 5.73 Å². The van der Waals surface area contributed by atoms with Gasteiger partial charge in [0, 0.05) is 9.37 Å². The number of halogens is 5. The lowest BCUT2D eigenvalue weighted by atomic mass is 10.3. The number of thioether (sulfide) groups is 1. The first-order chi connectivity index (χ1) is 6.79. The van der Waals surface area contributed by atoms with Crippen molar-refractivity contribution in [3.05, 3.63) is 22.4 Å². The van der Waals surface area contributed by atoms with E-state index in [-0.39, 0.29) is 15.1 Å². The summed E-state index contributed by atoms with van der Waals surface area (Å²) in [7, 11) is 0. The number of benzene rings is 1. The third-order valence-electron chi connectivity index (χ3n) is 1.44. The smallest absolute Gasteiger partial charge is 0.396 e. The van der Waals surface area contributed by atoms with Gasteiger partial charge in [0.15, 0.2) is 0 Å². The van der Waals surface area contributed by atoms with Crippen LogP contribution in [0.3, 0.4) is 0 Å². The van der Waals surface area contributed by atoms with Gasteiger partial charge in [-0.05, 0) is 28.1 Å². The van der Waals surface area contributed by atoms with Crippen LogP contribution in [-0.4, -0.2) is 11.9 Å². The summed E-state index contributed by atoms with van der Waals surface area (Å²) in [6, 6.07) is 2.23. The van der Waals surface area contributed by atoms with Gasteiger partial charge in [-0.1, -0.05) is 0 Å². The van der Waals surface area contributed by atoms with Gasteiger partial charge >= 0.3 is 6.18 Å². The average Bonchev–Trinajstić information content (AvgIpc) is 2.07. The standard InChI is InChI=1S/C8H6BrF4NS/c9-4-1-5(10)6(14)2-7(4)15-3-8(11,12)13/h1-2H,3,14H2. The van der Waals surface area contributed by atoms with Gasteiger partial charge in [0.2, 0.25) is 0 Å². The predicted octanol–water partition coefficient (Wildman–Crippen LogP) is 3.82. The first-order valence-corrected chi connectivity index (χ1v) is 5.51. The molecule has 0 heterocycles. The molecule has 0 fully saturated rings. The maximum absolute atomic E-state index is 12.8. The second kappa shape index (κ2) is 4.61. The van der Waals surface area contributed by atoms with Crippen molar-refractivity contribution in [3.63, 3.8) is 0 Å². The molecule has 0 saturated carbocycles. The summed E-state index contributed by atoms with van der Waals surface area (Å²) in [5, 5.41) is 0. The topological polar surface area (TPSA) is 26.0 Å². The first-order valence-electron chi connectivity index (χ1n) is 3.73. The fourth-order valence-electron chi connectivity index (χ4n) is 0.815. The number of hydrogen-bond acceptors (Lipinski definition) is 2. The van der Waals surface area contributed by atoms with E-state index < -0.39 is 17.7 Å². The maximum Gasteiger partial charge on any atom is 0.398 e. The Hall–Kier alpha value is -0.430. The Morgan fingerprint density at radius 2 is 1.93 bits per heavy atom. The molecule has 0 saturated heterocycles. The van der Waals surface area contributed by atoms with Crippen molar-refractivity contribution < 1.29 is 17.6 Å². The molecule has 1 rings (SSSR count). The fourth-order valence-corrected chi connectivity index (χ4v) is 2.20. The quantitative estimate of drug-likeness (QED) is 0.510. The summed E-state index contributed by atoms with van der Waals surface area (Å²) in [5.74, 6) is -1.69. The van der Waals surface area contributed by atoms with Crippen molar-refractivity contribution >= 4 is 33.4 Å².